The summed E-state index contributed by atoms with van der Waals surface area (Å²) >= 11 is 11.9. The number of rotatable bonds is 9. The SMILES string of the molecule is CN(C)CCSSCCNC(=O)Cc1ccc(Cl)cc1Cl. The van der Waals surface area contributed by atoms with Crippen LogP contribution in [0.5, 0.6) is 0 Å². The van der Waals surface area contributed by atoms with Crippen molar-refractivity contribution in [1.82, 2.24) is 10.2 Å². The second kappa shape index (κ2) is 10.6. The Hall–Kier alpha value is -0.0700. The third-order valence-corrected chi connectivity index (χ3v) is 5.55. The van der Waals surface area contributed by atoms with Crippen LogP contribution in [0.4, 0.5) is 0 Å². The first kappa shape index (κ1) is 19.0. The smallest absolute Gasteiger partial charge is 0.224 e. The molecule has 0 aliphatic rings. The van der Waals surface area contributed by atoms with Gasteiger partial charge >= 0.3 is 0 Å². The lowest BCUT2D eigenvalue weighted by atomic mass is 10.1. The van der Waals surface area contributed by atoms with E-state index in [0.29, 0.717) is 16.6 Å². The maximum Gasteiger partial charge on any atom is 0.224 e. The van der Waals surface area contributed by atoms with Crippen LogP contribution in [-0.2, 0) is 11.2 Å². The molecule has 0 saturated heterocycles. The lowest BCUT2D eigenvalue weighted by Crippen LogP contribution is -2.27. The zero-order valence-corrected chi connectivity index (χ0v) is 15.3. The number of hydrogen-bond acceptors (Lipinski definition) is 4. The molecule has 21 heavy (non-hydrogen) atoms. The van der Waals surface area contributed by atoms with Gasteiger partial charge in [-0.25, -0.2) is 0 Å². The van der Waals surface area contributed by atoms with E-state index in [2.05, 4.69) is 24.3 Å². The van der Waals surface area contributed by atoms with Crippen LogP contribution in [0.3, 0.4) is 0 Å². The van der Waals surface area contributed by atoms with E-state index in [1.54, 1.807) is 29.0 Å². The number of halogens is 2. The van der Waals surface area contributed by atoms with Gasteiger partial charge in [-0.15, -0.1) is 0 Å². The third kappa shape index (κ3) is 8.83. The highest BCUT2D eigenvalue weighted by Crippen LogP contribution is 2.21. The van der Waals surface area contributed by atoms with Crippen LogP contribution in [0.25, 0.3) is 0 Å². The molecule has 7 heteroatoms. The number of carbonyl (C=O) groups is 1. The Morgan fingerprint density at radius 1 is 1.24 bits per heavy atom. The van der Waals surface area contributed by atoms with Gasteiger partial charge in [0.05, 0.1) is 6.42 Å². The number of nitrogens with zero attached hydrogens (tertiary/aromatic N) is 1. The van der Waals surface area contributed by atoms with Gasteiger partial charge in [0.1, 0.15) is 0 Å². The fraction of sp³-hybridized carbons (Fsp3) is 0.500. The van der Waals surface area contributed by atoms with Crippen molar-refractivity contribution in [3.8, 4) is 0 Å². The van der Waals surface area contributed by atoms with E-state index < -0.39 is 0 Å². The quantitative estimate of drug-likeness (QED) is 0.534. The first-order valence-electron chi connectivity index (χ1n) is 6.59. The number of hydrogen-bond donors (Lipinski definition) is 1. The zero-order chi connectivity index (χ0) is 15.7. The summed E-state index contributed by atoms with van der Waals surface area (Å²) in [5.74, 6) is 1.97. The number of benzene rings is 1. The van der Waals surface area contributed by atoms with Gasteiger partial charge in [0.15, 0.2) is 0 Å². The molecule has 0 atom stereocenters. The highest BCUT2D eigenvalue weighted by atomic mass is 35.5. The van der Waals surface area contributed by atoms with Gasteiger partial charge in [0, 0.05) is 34.6 Å². The topological polar surface area (TPSA) is 32.3 Å². The second-order valence-electron chi connectivity index (χ2n) is 4.71. The van der Waals surface area contributed by atoms with E-state index >= 15 is 0 Å². The van der Waals surface area contributed by atoms with Crippen LogP contribution >= 0.6 is 44.8 Å². The Morgan fingerprint density at radius 2 is 1.95 bits per heavy atom. The molecule has 1 aromatic carbocycles. The van der Waals surface area contributed by atoms with Crippen molar-refractivity contribution in [1.29, 1.82) is 0 Å². The van der Waals surface area contributed by atoms with Gasteiger partial charge in [-0.3, -0.25) is 4.79 Å². The maximum absolute atomic E-state index is 11.8. The van der Waals surface area contributed by atoms with Crippen LogP contribution in [-0.4, -0.2) is 49.5 Å². The Kier molecular flexibility index (Phi) is 9.60. The van der Waals surface area contributed by atoms with Crippen LogP contribution in [0.2, 0.25) is 10.0 Å². The fourth-order valence-corrected chi connectivity index (χ4v) is 3.99. The molecule has 0 heterocycles. The van der Waals surface area contributed by atoms with Crippen molar-refractivity contribution in [2.75, 3.05) is 38.7 Å². The molecule has 0 aromatic heterocycles. The molecule has 0 spiro atoms. The molecule has 0 bridgehead atoms. The van der Waals surface area contributed by atoms with E-state index in [1.807, 2.05) is 10.8 Å². The van der Waals surface area contributed by atoms with E-state index in [0.717, 1.165) is 23.6 Å². The maximum atomic E-state index is 11.8. The molecular formula is C14H20Cl2N2OS2. The molecule has 1 aromatic rings. The fourth-order valence-electron chi connectivity index (χ4n) is 1.47. The summed E-state index contributed by atoms with van der Waals surface area (Å²) in [5, 5.41) is 4.01. The lowest BCUT2D eigenvalue weighted by Gasteiger charge is -2.09. The molecule has 0 saturated carbocycles. The summed E-state index contributed by atoms with van der Waals surface area (Å²) in [6.45, 7) is 1.74. The third-order valence-electron chi connectivity index (χ3n) is 2.58. The highest BCUT2D eigenvalue weighted by molar-refractivity contribution is 8.76. The van der Waals surface area contributed by atoms with Crippen LogP contribution in [0.15, 0.2) is 18.2 Å². The minimum Gasteiger partial charge on any atom is -0.355 e. The number of amides is 1. The Balaban J connectivity index is 2.14. The second-order valence-corrected chi connectivity index (χ2v) is 8.26. The van der Waals surface area contributed by atoms with Crippen molar-refractivity contribution in [2.45, 2.75) is 6.42 Å². The molecule has 0 unspecified atom stereocenters. The average molecular weight is 367 g/mol. The van der Waals surface area contributed by atoms with E-state index in [4.69, 9.17) is 23.2 Å². The normalized spacial score (nSPS) is 10.9. The zero-order valence-electron chi connectivity index (χ0n) is 12.2. The molecule has 0 fully saturated rings. The molecule has 0 aliphatic carbocycles. The summed E-state index contributed by atoms with van der Waals surface area (Å²) in [6, 6.07) is 5.19. The van der Waals surface area contributed by atoms with Crippen molar-refractivity contribution in [3.05, 3.63) is 33.8 Å². The standard InChI is InChI=1S/C14H20Cl2N2OS2/c1-18(2)6-8-21-20-7-5-17-14(19)9-11-3-4-12(15)10-13(11)16/h3-4,10H,5-9H2,1-2H3,(H,17,19). The molecule has 1 N–H and O–H groups in total. The van der Waals surface area contributed by atoms with Crippen molar-refractivity contribution in [3.63, 3.8) is 0 Å². The molecule has 1 rings (SSSR count). The summed E-state index contributed by atoms with van der Waals surface area (Å²) in [7, 11) is 7.74. The van der Waals surface area contributed by atoms with Crippen molar-refractivity contribution >= 4 is 50.7 Å². The van der Waals surface area contributed by atoms with Gasteiger partial charge in [0.25, 0.3) is 0 Å². The van der Waals surface area contributed by atoms with Crippen LogP contribution < -0.4 is 5.32 Å². The Labute approximate surface area is 144 Å². The number of carbonyl (C=O) groups excluding carboxylic acids is 1. The van der Waals surface area contributed by atoms with Crippen molar-refractivity contribution in [2.24, 2.45) is 0 Å². The average Bonchev–Trinajstić information content (AvgIpc) is 2.40. The Morgan fingerprint density at radius 3 is 2.62 bits per heavy atom. The molecule has 0 aliphatic heterocycles. The first-order chi connectivity index (χ1) is 9.99. The predicted octanol–water partition coefficient (Wildman–Crippen LogP) is 3.60. The van der Waals surface area contributed by atoms with Gasteiger partial charge in [-0.1, -0.05) is 50.9 Å². The van der Waals surface area contributed by atoms with Crippen LogP contribution in [0.1, 0.15) is 5.56 Å². The molecular weight excluding hydrogens is 347 g/mol. The Bertz CT molecular complexity index is 459. The highest BCUT2D eigenvalue weighted by Gasteiger charge is 2.07. The van der Waals surface area contributed by atoms with Gasteiger partial charge < -0.3 is 10.2 Å². The number of nitrogens with one attached hydrogen (secondary N) is 1. The summed E-state index contributed by atoms with van der Waals surface area (Å²) in [4.78, 5) is 14.0. The molecule has 118 valence electrons. The van der Waals surface area contributed by atoms with Gasteiger partial charge in [0.2, 0.25) is 5.91 Å². The van der Waals surface area contributed by atoms with Gasteiger partial charge in [-0.05, 0) is 31.8 Å². The molecule has 3 nitrogen and oxygen atoms in total. The summed E-state index contributed by atoms with van der Waals surface area (Å²) in [5.41, 5.74) is 0.798. The minimum absolute atomic E-state index is 0.0156. The molecule has 0 radical (unpaired) electrons. The summed E-state index contributed by atoms with van der Waals surface area (Å²) < 4.78 is 0. The lowest BCUT2D eigenvalue weighted by molar-refractivity contribution is -0.120. The predicted molar refractivity (Wildman–Crippen MR) is 96.6 cm³/mol. The first-order valence-corrected chi connectivity index (χ1v) is 9.83. The minimum atomic E-state index is -0.0156. The van der Waals surface area contributed by atoms with E-state index in [-0.39, 0.29) is 12.3 Å². The largest absolute Gasteiger partial charge is 0.355 e. The molecule has 1 amide bonds. The monoisotopic (exact) mass is 366 g/mol. The van der Waals surface area contributed by atoms with Crippen LogP contribution in [0, 0.1) is 0 Å². The van der Waals surface area contributed by atoms with Crippen molar-refractivity contribution < 1.29 is 4.79 Å². The van der Waals surface area contributed by atoms with E-state index in [1.165, 1.54) is 0 Å². The van der Waals surface area contributed by atoms with E-state index in [9.17, 15) is 4.79 Å². The van der Waals surface area contributed by atoms with Gasteiger partial charge in [-0.2, -0.15) is 0 Å². The summed E-state index contributed by atoms with van der Waals surface area (Å²) in [6.07, 6.45) is 0.286.